The van der Waals surface area contributed by atoms with Crippen molar-refractivity contribution in [2.75, 3.05) is 25.4 Å². The molecular weight excluding hydrogens is 238 g/mol. The Morgan fingerprint density at radius 2 is 1.89 bits per heavy atom. The molecule has 4 heteroatoms. The molecule has 19 heavy (non-hydrogen) atoms. The zero-order valence-electron chi connectivity index (χ0n) is 11.6. The number of nitrogens with zero attached hydrogens (tertiary/aromatic N) is 2. The summed E-state index contributed by atoms with van der Waals surface area (Å²) in [4.78, 5) is 14.7. The Bertz CT molecular complexity index is 614. The Balaban J connectivity index is 2.35. The largest absolute Gasteiger partial charge is 0.385 e. The predicted molar refractivity (Wildman–Crippen MR) is 80.4 cm³/mol. The van der Waals surface area contributed by atoms with Crippen LogP contribution >= 0.6 is 0 Å². The van der Waals surface area contributed by atoms with Gasteiger partial charge in [0.25, 0.3) is 5.56 Å². The van der Waals surface area contributed by atoms with Gasteiger partial charge in [0.1, 0.15) is 5.82 Å². The minimum atomic E-state index is 0.00255. The predicted octanol–water partition coefficient (Wildman–Crippen LogP) is 1.93. The van der Waals surface area contributed by atoms with E-state index in [0.717, 1.165) is 30.4 Å². The first-order valence-corrected chi connectivity index (χ1v) is 6.77. The van der Waals surface area contributed by atoms with Crippen LogP contribution < -0.4 is 11.3 Å². The van der Waals surface area contributed by atoms with Crippen LogP contribution in [-0.4, -0.2) is 29.1 Å². The van der Waals surface area contributed by atoms with Crippen molar-refractivity contribution in [1.29, 1.82) is 0 Å². The second-order valence-electron chi connectivity index (χ2n) is 4.64. The lowest BCUT2D eigenvalue weighted by atomic mass is 10.1. The molecule has 0 saturated carbocycles. The van der Waals surface area contributed by atoms with E-state index in [-0.39, 0.29) is 5.56 Å². The molecule has 0 saturated heterocycles. The van der Waals surface area contributed by atoms with Gasteiger partial charge in [-0.25, -0.2) is 0 Å². The second kappa shape index (κ2) is 5.89. The van der Waals surface area contributed by atoms with Crippen LogP contribution in [0.25, 0.3) is 10.8 Å². The van der Waals surface area contributed by atoms with Crippen LogP contribution in [0.1, 0.15) is 13.8 Å². The molecule has 2 N–H and O–H groups in total. The molecule has 0 spiro atoms. The minimum Gasteiger partial charge on any atom is -0.385 e. The van der Waals surface area contributed by atoms with Crippen LogP contribution in [0.15, 0.2) is 35.1 Å². The topological polar surface area (TPSA) is 51.3 Å². The fourth-order valence-corrected chi connectivity index (χ4v) is 2.33. The first-order valence-electron chi connectivity index (χ1n) is 6.77. The number of fused-ring (bicyclic) bond motifs is 1. The third kappa shape index (κ3) is 2.79. The highest BCUT2D eigenvalue weighted by atomic mass is 16.1. The number of nitrogens with two attached hydrogens (primary N) is 1. The third-order valence-corrected chi connectivity index (χ3v) is 3.59. The molecule has 0 unspecified atom stereocenters. The molecule has 0 fully saturated rings. The molecule has 0 bridgehead atoms. The quantitative estimate of drug-likeness (QED) is 0.892. The lowest BCUT2D eigenvalue weighted by Crippen LogP contribution is -2.32. The highest BCUT2D eigenvalue weighted by Gasteiger charge is 2.07. The number of aromatic nitrogens is 1. The number of rotatable bonds is 5. The van der Waals surface area contributed by atoms with E-state index in [1.807, 2.05) is 30.3 Å². The van der Waals surface area contributed by atoms with Crippen LogP contribution in [0.2, 0.25) is 0 Å². The molecular formula is C15H21N3O. The Labute approximate surface area is 113 Å². The summed E-state index contributed by atoms with van der Waals surface area (Å²) < 4.78 is 1.67. The summed E-state index contributed by atoms with van der Waals surface area (Å²) in [6.45, 7) is 7.69. The molecule has 0 atom stereocenters. The monoisotopic (exact) mass is 259 g/mol. The number of anilines is 1. The van der Waals surface area contributed by atoms with Gasteiger partial charge in [0.2, 0.25) is 0 Å². The highest BCUT2D eigenvalue weighted by molar-refractivity contribution is 5.83. The molecule has 1 heterocycles. The van der Waals surface area contributed by atoms with Gasteiger partial charge in [-0.05, 0) is 30.6 Å². The second-order valence-corrected chi connectivity index (χ2v) is 4.64. The molecule has 2 rings (SSSR count). The molecule has 102 valence electrons. The SMILES string of the molecule is CCN(CC)CCn1c(N)cc2ccccc2c1=O. The van der Waals surface area contributed by atoms with Crippen LogP contribution in [0.3, 0.4) is 0 Å². The standard InChI is InChI=1S/C15H21N3O/c1-3-17(4-2)9-10-18-14(16)11-12-7-5-6-8-13(12)15(18)19/h5-8,11H,3-4,9-10,16H2,1-2H3. The number of hydrogen-bond donors (Lipinski definition) is 1. The smallest absolute Gasteiger partial charge is 0.260 e. The van der Waals surface area contributed by atoms with Crippen molar-refractivity contribution in [3.8, 4) is 0 Å². The lowest BCUT2D eigenvalue weighted by molar-refractivity contribution is 0.290. The summed E-state index contributed by atoms with van der Waals surface area (Å²) >= 11 is 0. The Kier molecular flexibility index (Phi) is 4.22. The van der Waals surface area contributed by atoms with Crippen LogP contribution in [0.5, 0.6) is 0 Å². The van der Waals surface area contributed by atoms with Gasteiger partial charge < -0.3 is 10.6 Å². The van der Waals surface area contributed by atoms with E-state index in [2.05, 4.69) is 18.7 Å². The molecule has 0 amide bonds. The van der Waals surface area contributed by atoms with Gasteiger partial charge in [-0.15, -0.1) is 0 Å². The van der Waals surface area contributed by atoms with Crippen LogP contribution in [0, 0.1) is 0 Å². The maximum absolute atomic E-state index is 12.4. The Hall–Kier alpha value is -1.81. The van der Waals surface area contributed by atoms with Gasteiger partial charge in [0.15, 0.2) is 0 Å². The van der Waals surface area contributed by atoms with Crippen molar-refractivity contribution in [2.24, 2.45) is 0 Å². The van der Waals surface area contributed by atoms with E-state index >= 15 is 0 Å². The molecule has 0 radical (unpaired) electrons. The fourth-order valence-electron chi connectivity index (χ4n) is 2.33. The van der Waals surface area contributed by atoms with Gasteiger partial charge in [-0.1, -0.05) is 32.0 Å². The molecule has 1 aromatic heterocycles. The van der Waals surface area contributed by atoms with Crippen LogP contribution in [-0.2, 0) is 6.54 Å². The van der Waals surface area contributed by atoms with E-state index in [4.69, 9.17) is 5.73 Å². The van der Waals surface area contributed by atoms with Crippen molar-refractivity contribution in [1.82, 2.24) is 9.47 Å². The average molecular weight is 259 g/mol. The lowest BCUT2D eigenvalue weighted by Gasteiger charge is -2.19. The summed E-state index contributed by atoms with van der Waals surface area (Å²) in [5.41, 5.74) is 6.00. The van der Waals surface area contributed by atoms with Gasteiger partial charge in [0.05, 0.1) is 0 Å². The molecule has 4 nitrogen and oxygen atoms in total. The van der Waals surface area contributed by atoms with Crippen molar-refractivity contribution >= 4 is 16.6 Å². The van der Waals surface area contributed by atoms with Gasteiger partial charge in [-0.2, -0.15) is 0 Å². The average Bonchev–Trinajstić information content (AvgIpc) is 2.43. The van der Waals surface area contributed by atoms with Gasteiger partial charge in [0, 0.05) is 18.5 Å². The zero-order valence-corrected chi connectivity index (χ0v) is 11.6. The van der Waals surface area contributed by atoms with E-state index in [1.54, 1.807) is 4.57 Å². The van der Waals surface area contributed by atoms with E-state index in [0.29, 0.717) is 12.4 Å². The number of likely N-dealkylation sites (N-methyl/N-ethyl adjacent to an activating group) is 1. The summed E-state index contributed by atoms with van der Waals surface area (Å²) in [6, 6.07) is 9.45. The molecule has 1 aromatic carbocycles. The van der Waals surface area contributed by atoms with E-state index < -0.39 is 0 Å². The summed E-state index contributed by atoms with van der Waals surface area (Å²) in [7, 11) is 0. The molecule has 0 aliphatic carbocycles. The third-order valence-electron chi connectivity index (χ3n) is 3.59. The zero-order chi connectivity index (χ0) is 13.8. The highest BCUT2D eigenvalue weighted by Crippen LogP contribution is 2.13. The Morgan fingerprint density at radius 1 is 1.21 bits per heavy atom. The summed E-state index contributed by atoms with van der Waals surface area (Å²) in [5.74, 6) is 0.538. The normalized spacial score (nSPS) is 11.3. The van der Waals surface area contributed by atoms with E-state index in [1.165, 1.54) is 0 Å². The summed E-state index contributed by atoms with van der Waals surface area (Å²) in [6.07, 6.45) is 0. The first-order chi connectivity index (χ1) is 9.17. The maximum atomic E-state index is 12.4. The van der Waals surface area contributed by atoms with Crippen LogP contribution in [0.4, 0.5) is 5.82 Å². The first kappa shape index (κ1) is 13.6. The van der Waals surface area contributed by atoms with Gasteiger partial charge in [-0.3, -0.25) is 9.36 Å². The number of pyridine rings is 1. The minimum absolute atomic E-state index is 0.00255. The summed E-state index contributed by atoms with van der Waals surface area (Å²) in [5, 5.41) is 1.64. The molecule has 0 aliphatic rings. The van der Waals surface area contributed by atoms with Crippen molar-refractivity contribution in [2.45, 2.75) is 20.4 Å². The van der Waals surface area contributed by atoms with Crippen molar-refractivity contribution < 1.29 is 0 Å². The Morgan fingerprint density at radius 3 is 2.58 bits per heavy atom. The van der Waals surface area contributed by atoms with Crippen molar-refractivity contribution in [3.05, 3.63) is 40.7 Å². The molecule has 2 aromatic rings. The number of hydrogen-bond acceptors (Lipinski definition) is 3. The number of benzene rings is 1. The van der Waals surface area contributed by atoms with Gasteiger partial charge >= 0.3 is 0 Å². The number of nitrogen functional groups attached to an aromatic ring is 1. The maximum Gasteiger partial charge on any atom is 0.260 e. The fraction of sp³-hybridized carbons (Fsp3) is 0.400. The molecule has 0 aliphatic heterocycles. The van der Waals surface area contributed by atoms with Crippen molar-refractivity contribution in [3.63, 3.8) is 0 Å². The van der Waals surface area contributed by atoms with E-state index in [9.17, 15) is 4.79 Å².